The molecule has 1 aliphatic rings. The van der Waals surface area contributed by atoms with Crippen molar-refractivity contribution in [2.75, 3.05) is 27.2 Å². The summed E-state index contributed by atoms with van der Waals surface area (Å²) in [4.78, 5) is 12.7. The molecular formula is C19H31N3O3S. The number of hydrogen-bond acceptors (Lipinski definition) is 3. The molecule has 1 aromatic carbocycles. The monoisotopic (exact) mass is 381 g/mol. The van der Waals surface area contributed by atoms with Crippen LogP contribution in [0.4, 0.5) is 0 Å². The van der Waals surface area contributed by atoms with Gasteiger partial charge in [0, 0.05) is 33.1 Å². The molecular weight excluding hydrogens is 350 g/mol. The number of carbonyl (C=O) groups excluding carboxylic acids is 1. The van der Waals surface area contributed by atoms with Gasteiger partial charge in [-0.2, -0.15) is 17.0 Å². The Labute approximate surface area is 157 Å². The number of hydrogen-bond donors (Lipinski definition) is 1. The van der Waals surface area contributed by atoms with E-state index >= 15 is 0 Å². The van der Waals surface area contributed by atoms with Crippen molar-refractivity contribution in [3.8, 4) is 0 Å². The molecule has 2 rings (SSSR count). The van der Waals surface area contributed by atoms with Crippen molar-refractivity contribution in [1.82, 2.24) is 13.9 Å². The third kappa shape index (κ3) is 4.64. The second-order valence-corrected chi connectivity index (χ2v) is 9.44. The molecule has 1 heterocycles. The van der Waals surface area contributed by atoms with Gasteiger partial charge in [-0.05, 0) is 44.2 Å². The predicted molar refractivity (Wildman–Crippen MR) is 104 cm³/mol. The van der Waals surface area contributed by atoms with Crippen LogP contribution in [0.5, 0.6) is 0 Å². The van der Waals surface area contributed by atoms with E-state index in [1.807, 2.05) is 0 Å². The summed E-state index contributed by atoms with van der Waals surface area (Å²) in [5.74, 6) is -0.109. The Morgan fingerprint density at radius 3 is 2.38 bits per heavy atom. The number of nitrogens with one attached hydrogen (secondary N) is 1. The zero-order valence-electron chi connectivity index (χ0n) is 16.4. The molecule has 1 aliphatic heterocycles. The van der Waals surface area contributed by atoms with Crippen molar-refractivity contribution >= 4 is 16.1 Å². The summed E-state index contributed by atoms with van der Waals surface area (Å²) in [6, 6.07) is 6.29. The van der Waals surface area contributed by atoms with Gasteiger partial charge in [-0.15, -0.1) is 0 Å². The fraction of sp³-hybridized carbons (Fsp3) is 0.632. The van der Waals surface area contributed by atoms with Crippen LogP contribution >= 0.6 is 0 Å². The number of benzene rings is 1. The molecule has 0 spiro atoms. The third-order valence-corrected chi connectivity index (χ3v) is 7.08. The van der Waals surface area contributed by atoms with E-state index < -0.39 is 10.2 Å². The van der Waals surface area contributed by atoms with Crippen LogP contribution in [-0.2, 0) is 15.0 Å². The molecule has 1 fully saturated rings. The van der Waals surface area contributed by atoms with Crippen LogP contribution < -0.4 is 5.32 Å². The van der Waals surface area contributed by atoms with Gasteiger partial charge < -0.3 is 5.32 Å². The summed E-state index contributed by atoms with van der Waals surface area (Å²) in [7, 11) is -0.331. The van der Waals surface area contributed by atoms with Crippen molar-refractivity contribution in [3.05, 3.63) is 34.9 Å². The van der Waals surface area contributed by atoms with E-state index in [2.05, 4.69) is 44.3 Å². The van der Waals surface area contributed by atoms with Crippen LogP contribution in [0.1, 0.15) is 48.9 Å². The Balaban J connectivity index is 2.00. The van der Waals surface area contributed by atoms with E-state index in [0.29, 0.717) is 25.9 Å². The number of amides is 1. The summed E-state index contributed by atoms with van der Waals surface area (Å²) in [5.41, 5.74) is 3.55. The minimum absolute atomic E-state index is 0.00774. The highest BCUT2D eigenvalue weighted by molar-refractivity contribution is 7.86. The lowest BCUT2D eigenvalue weighted by atomic mass is 9.94. The lowest BCUT2D eigenvalue weighted by Gasteiger charge is -2.33. The number of carbonyl (C=O) groups is 1. The third-order valence-electron chi connectivity index (χ3n) is 5.14. The van der Waals surface area contributed by atoms with Crippen molar-refractivity contribution in [3.63, 3.8) is 0 Å². The molecule has 26 heavy (non-hydrogen) atoms. The number of aryl methyl sites for hydroxylation is 2. The molecule has 0 aliphatic carbocycles. The van der Waals surface area contributed by atoms with Crippen LogP contribution in [-0.4, -0.2) is 50.1 Å². The molecule has 0 aromatic heterocycles. The molecule has 0 unspecified atom stereocenters. The Kier molecular flexibility index (Phi) is 6.82. The van der Waals surface area contributed by atoms with Crippen LogP contribution in [0, 0.1) is 19.8 Å². The fourth-order valence-electron chi connectivity index (χ4n) is 3.49. The van der Waals surface area contributed by atoms with E-state index in [-0.39, 0.29) is 17.9 Å². The normalized spacial score (nSPS) is 18.1. The van der Waals surface area contributed by atoms with E-state index in [9.17, 15) is 13.2 Å². The van der Waals surface area contributed by atoms with Gasteiger partial charge in [0.15, 0.2) is 0 Å². The SMILES string of the molecule is CC[C@@H](NC(=O)C1CCN(S(=O)(=O)N(C)C)CC1)c1ccc(C)cc1C. The van der Waals surface area contributed by atoms with Gasteiger partial charge in [0.05, 0.1) is 6.04 Å². The van der Waals surface area contributed by atoms with Gasteiger partial charge in [0.1, 0.15) is 0 Å². The first-order valence-electron chi connectivity index (χ1n) is 9.22. The van der Waals surface area contributed by atoms with E-state index in [1.54, 1.807) is 0 Å². The summed E-state index contributed by atoms with van der Waals surface area (Å²) >= 11 is 0. The molecule has 0 saturated carbocycles. The largest absolute Gasteiger partial charge is 0.349 e. The maximum atomic E-state index is 12.7. The Morgan fingerprint density at radius 2 is 1.88 bits per heavy atom. The molecule has 0 radical (unpaired) electrons. The van der Waals surface area contributed by atoms with Crippen molar-refractivity contribution in [2.45, 2.75) is 46.1 Å². The second-order valence-electron chi connectivity index (χ2n) is 7.29. The van der Waals surface area contributed by atoms with Crippen molar-refractivity contribution < 1.29 is 13.2 Å². The van der Waals surface area contributed by atoms with Crippen LogP contribution in [0.25, 0.3) is 0 Å². The Bertz CT molecular complexity index is 738. The molecule has 146 valence electrons. The van der Waals surface area contributed by atoms with Crippen LogP contribution in [0.3, 0.4) is 0 Å². The Hall–Kier alpha value is -1.44. The number of nitrogens with zero attached hydrogens (tertiary/aromatic N) is 2. The molecule has 1 N–H and O–H groups in total. The summed E-state index contributed by atoms with van der Waals surface area (Å²) in [6.07, 6.45) is 1.94. The maximum absolute atomic E-state index is 12.7. The summed E-state index contributed by atoms with van der Waals surface area (Å²) in [5, 5.41) is 3.17. The molecule has 1 saturated heterocycles. The minimum Gasteiger partial charge on any atom is -0.349 e. The molecule has 6 nitrogen and oxygen atoms in total. The highest BCUT2D eigenvalue weighted by atomic mass is 32.2. The topological polar surface area (TPSA) is 69.7 Å². The molecule has 1 aromatic rings. The van der Waals surface area contributed by atoms with Gasteiger partial charge >= 0.3 is 0 Å². The van der Waals surface area contributed by atoms with Gasteiger partial charge in [0.25, 0.3) is 10.2 Å². The summed E-state index contributed by atoms with van der Waals surface area (Å²) < 4.78 is 27.1. The zero-order chi connectivity index (χ0) is 19.5. The minimum atomic E-state index is -3.39. The van der Waals surface area contributed by atoms with Crippen LogP contribution in [0.2, 0.25) is 0 Å². The average Bonchev–Trinajstić information content (AvgIpc) is 2.60. The predicted octanol–water partition coefficient (Wildman–Crippen LogP) is 2.39. The first-order valence-corrected chi connectivity index (χ1v) is 10.6. The first-order chi connectivity index (χ1) is 12.2. The highest BCUT2D eigenvalue weighted by Gasteiger charge is 2.32. The second kappa shape index (κ2) is 8.50. The van der Waals surface area contributed by atoms with Gasteiger partial charge in [0.2, 0.25) is 5.91 Å². The van der Waals surface area contributed by atoms with Gasteiger partial charge in [-0.3, -0.25) is 4.79 Å². The average molecular weight is 382 g/mol. The van der Waals surface area contributed by atoms with Gasteiger partial charge in [-0.1, -0.05) is 30.7 Å². The summed E-state index contributed by atoms with van der Waals surface area (Å²) in [6.45, 7) is 6.97. The van der Waals surface area contributed by atoms with E-state index in [4.69, 9.17) is 0 Å². The first kappa shape index (κ1) is 20.9. The van der Waals surface area contributed by atoms with E-state index in [1.165, 1.54) is 33.8 Å². The fourth-order valence-corrected chi connectivity index (χ4v) is 4.62. The quantitative estimate of drug-likeness (QED) is 0.823. The van der Waals surface area contributed by atoms with Crippen molar-refractivity contribution in [2.24, 2.45) is 5.92 Å². The molecule has 1 atom stereocenters. The smallest absolute Gasteiger partial charge is 0.281 e. The van der Waals surface area contributed by atoms with Crippen molar-refractivity contribution in [1.29, 1.82) is 0 Å². The standard InChI is InChI=1S/C19H31N3O3S/c1-6-18(17-8-7-14(2)13-15(17)3)20-19(23)16-9-11-22(12-10-16)26(24,25)21(4)5/h7-8,13,16,18H,6,9-12H2,1-5H3,(H,20,23)/t18-/m1/s1. The zero-order valence-corrected chi connectivity index (χ0v) is 17.3. The van der Waals surface area contributed by atoms with Gasteiger partial charge in [-0.25, -0.2) is 0 Å². The maximum Gasteiger partial charge on any atom is 0.281 e. The molecule has 0 bridgehead atoms. The number of piperidine rings is 1. The number of rotatable bonds is 6. The highest BCUT2D eigenvalue weighted by Crippen LogP contribution is 2.25. The lowest BCUT2D eigenvalue weighted by Crippen LogP contribution is -2.47. The van der Waals surface area contributed by atoms with E-state index in [0.717, 1.165) is 12.0 Å². The molecule has 1 amide bonds. The Morgan fingerprint density at radius 1 is 1.27 bits per heavy atom. The molecule has 7 heteroatoms. The lowest BCUT2D eigenvalue weighted by molar-refractivity contribution is -0.126. The van der Waals surface area contributed by atoms with Crippen LogP contribution in [0.15, 0.2) is 18.2 Å².